The molecule has 0 bridgehead atoms. The predicted octanol–water partition coefficient (Wildman–Crippen LogP) is 2.99. The number of phenolic OH excluding ortho intramolecular Hbond substituents is 1. The number of rotatable bonds is 4. The quantitative estimate of drug-likeness (QED) is 0.933. The van der Waals surface area contributed by atoms with Gasteiger partial charge in [-0.25, -0.2) is 8.42 Å². The monoisotopic (exact) mass is 275 g/mol. The van der Waals surface area contributed by atoms with Crippen LogP contribution < -0.4 is 0 Å². The first-order valence-electron chi connectivity index (χ1n) is 5.96. The van der Waals surface area contributed by atoms with Gasteiger partial charge in [0.25, 0.3) is 0 Å². The van der Waals surface area contributed by atoms with E-state index >= 15 is 0 Å². The van der Waals surface area contributed by atoms with Crippen LogP contribution in [0.15, 0.2) is 58.3 Å². The minimum Gasteiger partial charge on any atom is -0.508 e. The lowest BCUT2D eigenvalue weighted by Gasteiger charge is -2.06. The van der Waals surface area contributed by atoms with Crippen molar-refractivity contribution in [2.45, 2.75) is 22.6 Å². The molecule has 2 aromatic rings. The number of hydrogen-bond acceptors (Lipinski definition) is 3. The van der Waals surface area contributed by atoms with Gasteiger partial charge < -0.3 is 5.11 Å². The van der Waals surface area contributed by atoms with Gasteiger partial charge >= 0.3 is 0 Å². The molecule has 0 amide bonds. The van der Waals surface area contributed by atoms with Crippen LogP contribution in [0.4, 0.5) is 0 Å². The summed E-state index contributed by atoms with van der Waals surface area (Å²) < 4.78 is 24.6. The molecule has 2 rings (SSSR count). The molecule has 0 fully saturated rings. The summed E-state index contributed by atoms with van der Waals surface area (Å²) in [6, 6.07) is 12.3. The van der Waals surface area contributed by atoms with E-state index in [0.717, 1.165) is 18.4 Å². The average molecular weight is 275 g/mol. The number of benzene rings is 2. The number of aryl methyl sites for hydroxylation is 1. The van der Waals surface area contributed by atoms with Gasteiger partial charge in [0.2, 0.25) is 9.84 Å². The maximum absolute atomic E-state index is 12.3. The fourth-order valence-corrected chi connectivity index (χ4v) is 3.06. The Morgan fingerprint density at radius 1 is 0.895 bits per heavy atom. The van der Waals surface area contributed by atoms with Crippen LogP contribution in [0.3, 0.4) is 0 Å². The second-order valence-electron chi connectivity index (χ2n) is 4.24. The van der Waals surface area contributed by atoms with Crippen molar-refractivity contribution in [3.63, 3.8) is 0 Å². The van der Waals surface area contributed by atoms with Crippen LogP contribution in [0.5, 0.6) is 5.75 Å². The zero-order valence-electron chi connectivity index (χ0n) is 10.4. The standard InChI is InChI=1S/C15H15O3S/c1-2-3-12-4-8-14(9-5-12)19(17,18)15-10-6-13(16)7-11-15/h4-11,16H,1-3H2. The number of aromatic hydroxyl groups is 1. The predicted molar refractivity (Wildman–Crippen MR) is 73.7 cm³/mol. The largest absolute Gasteiger partial charge is 0.508 e. The Kier molecular flexibility index (Phi) is 3.90. The third kappa shape index (κ3) is 2.96. The van der Waals surface area contributed by atoms with Gasteiger partial charge in [-0.05, 0) is 54.8 Å². The van der Waals surface area contributed by atoms with Gasteiger partial charge in [0, 0.05) is 0 Å². The SMILES string of the molecule is [CH2]CCc1ccc(S(=O)(=O)c2ccc(O)cc2)cc1. The second-order valence-corrected chi connectivity index (χ2v) is 6.19. The normalized spacial score (nSPS) is 11.4. The lowest BCUT2D eigenvalue weighted by Crippen LogP contribution is -2.01. The van der Waals surface area contributed by atoms with Gasteiger partial charge in [-0.2, -0.15) is 0 Å². The highest BCUT2D eigenvalue weighted by Crippen LogP contribution is 2.23. The van der Waals surface area contributed by atoms with Crippen LogP contribution in [-0.4, -0.2) is 13.5 Å². The molecular formula is C15H15O3S. The van der Waals surface area contributed by atoms with E-state index in [-0.39, 0.29) is 15.5 Å². The minimum atomic E-state index is -3.51. The van der Waals surface area contributed by atoms with Gasteiger partial charge in [0.05, 0.1) is 9.79 Å². The smallest absolute Gasteiger partial charge is 0.206 e. The second kappa shape index (κ2) is 5.45. The van der Waals surface area contributed by atoms with Crippen molar-refractivity contribution in [1.82, 2.24) is 0 Å². The molecule has 0 atom stereocenters. The molecule has 1 N–H and O–H groups in total. The Balaban J connectivity index is 2.36. The maximum Gasteiger partial charge on any atom is 0.206 e. The summed E-state index contributed by atoms with van der Waals surface area (Å²) >= 11 is 0. The number of phenols is 1. The Labute approximate surface area is 113 Å². The van der Waals surface area contributed by atoms with Gasteiger partial charge in [-0.15, -0.1) is 0 Å². The average Bonchev–Trinajstić information content (AvgIpc) is 2.40. The molecule has 0 aliphatic rings. The molecule has 4 heteroatoms. The Morgan fingerprint density at radius 3 is 1.84 bits per heavy atom. The van der Waals surface area contributed by atoms with Crippen molar-refractivity contribution < 1.29 is 13.5 Å². The molecule has 0 saturated heterocycles. The fourth-order valence-electron chi connectivity index (χ4n) is 1.80. The zero-order chi connectivity index (χ0) is 13.9. The fraction of sp³-hybridized carbons (Fsp3) is 0.133. The third-order valence-electron chi connectivity index (χ3n) is 2.85. The lowest BCUT2D eigenvalue weighted by atomic mass is 10.1. The van der Waals surface area contributed by atoms with E-state index in [4.69, 9.17) is 0 Å². The maximum atomic E-state index is 12.3. The highest BCUT2D eigenvalue weighted by atomic mass is 32.2. The van der Waals surface area contributed by atoms with Gasteiger partial charge in [-0.1, -0.05) is 19.1 Å². The highest BCUT2D eigenvalue weighted by Gasteiger charge is 2.17. The minimum absolute atomic E-state index is 0.0461. The van der Waals surface area contributed by atoms with Crippen LogP contribution in [0.1, 0.15) is 12.0 Å². The van der Waals surface area contributed by atoms with Crippen molar-refractivity contribution >= 4 is 9.84 Å². The van der Waals surface area contributed by atoms with E-state index in [0.29, 0.717) is 0 Å². The molecule has 0 spiro atoms. The molecule has 0 aromatic heterocycles. The Morgan fingerprint density at radius 2 is 1.37 bits per heavy atom. The molecule has 1 radical (unpaired) electrons. The van der Waals surface area contributed by atoms with Crippen molar-refractivity contribution in [3.05, 3.63) is 61.0 Å². The van der Waals surface area contributed by atoms with Crippen LogP contribution in [-0.2, 0) is 16.3 Å². The molecule has 0 aliphatic carbocycles. The molecular weight excluding hydrogens is 260 g/mol. The summed E-state index contributed by atoms with van der Waals surface area (Å²) in [5, 5.41) is 9.19. The molecule has 3 nitrogen and oxygen atoms in total. The number of sulfone groups is 1. The van der Waals surface area contributed by atoms with Crippen molar-refractivity contribution in [2.75, 3.05) is 0 Å². The summed E-state index contributed by atoms with van der Waals surface area (Å²) in [5.74, 6) is 0.0461. The van der Waals surface area contributed by atoms with Crippen LogP contribution >= 0.6 is 0 Å². The van der Waals surface area contributed by atoms with Crippen molar-refractivity contribution in [1.29, 1.82) is 0 Å². The van der Waals surface area contributed by atoms with E-state index in [1.54, 1.807) is 24.3 Å². The van der Waals surface area contributed by atoms with Gasteiger partial charge in [0.1, 0.15) is 5.75 Å². The molecule has 0 aliphatic heterocycles. The van der Waals surface area contributed by atoms with Crippen molar-refractivity contribution in [2.24, 2.45) is 0 Å². The highest BCUT2D eigenvalue weighted by molar-refractivity contribution is 7.91. The molecule has 0 unspecified atom stereocenters. The molecule has 19 heavy (non-hydrogen) atoms. The Bertz CT molecular complexity index is 641. The summed E-state index contributed by atoms with van der Waals surface area (Å²) in [6.45, 7) is 3.77. The van der Waals surface area contributed by atoms with Gasteiger partial charge in [-0.3, -0.25) is 0 Å². The number of hydrogen-bond donors (Lipinski definition) is 1. The molecule has 0 heterocycles. The first-order valence-corrected chi connectivity index (χ1v) is 7.44. The molecule has 0 saturated carbocycles. The van der Waals surface area contributed by atoms with Crippen LogP contribution in [0.25, 0.3) is 0 Å². The first kappa shape index (κ1) is 13.6. The van der Waals surface area contributed by atoms with E-state index in [2.05, 4.69) is 6.92 Å². The Hall–Kier alpha value is -1.81. The van der Waals surface area contributed by atoms with E-state index < -0.39 is 9.84 Å². The van der Waals surface area contributed by atoms with Gasteiger partial charge in [0.15, 0.2) is 0 Å². The lowest BCUT2D eigenvalue weighted by molar-refractivity contribution is 0.475. The summed E-state index contributed by atoms with van der Waals surface area (Å²) in [5.41, 5.74) is 1.07. The van der Waals surface area contributed by atoms with Crippen LogP contribution in [0, 0.1) is 6.92 Å². The van der Waals surface area contributed by atoms with E-state index in [1.165, 1.54) is 24.3 Å². The van der Waals surface area contributed by atoms with E-state index in [9.17, 15) is 13.5 Å². The summed E-state index contributed by atoms with van der Waals surface area (Å²) in [7, 11) is -3.51. The zero-order valence-corrected chi connectivity index (χ0v) is 11.2. The third-order valence-corrected chi connectivity index (χ3v) is 4.63. The summed E-state index contributed by atoms with van der Waals surface area (Å²) in [4.78, 5) is 0.432. The van der Waals surface area contributed by atoms with E-state index in [1.807, 2.05) is 0 Å². The summed E-state index contributed by atoms with van der Waals surface area (Å²) in [6.07, 6.45) is 1.61. The molecule has 2 aromatic carbocycles. The first-order chi connectivity index (χ1) is 9.04. The van der Waals surface area contributed by atoms with Crippen LogP contribution in [0.2, 0.25) is 0 Å². The topological polar surface area (TPSA) is 54.4 Å². The van der Waals surface area contributed by atoms with Crippen molar-refractivity contribution in [3.8, 4) is 5.75 Å². The molecule has 99 valence electrons.